The zero-order chi connectivity index (χ0) is 15.4. The summed E-state index contributed by atoms with van der Waals surface area (Å²) in [4.78, 5) is 4.33. The van der Waals surface area contributed by atoms with Crippen molar-refractivity contribution in [2.24, 2.45) is 7.05 Å². The third kappa shape index (κ3) is 3.26. The quantitative estimate of drug-likeness (QED) is 0.710. The van der Waals surface area contributed by atoms with Crippen LogP contribution in [0.3, 0.4) is 0 Å². The van der Waals surface area contributed by atoms with Gasteiger partial charge in [0, 0.05) is 19.4 Å². The van der Waals surface area contributed by atoms with Gasteiger partial charge in [0.25, 0.3) is 0 Å². The Balaban J connectivity index is 1.86. The molecule has 1 heterocycles. The fraction of sp³-hybridized carbons (Fsp3) is 0.211. The van der Waals surface area contributed by atoms with Gasteiger partial charge in [-0.15, -0.1) is 0 Å². The summed E-state index contributed by atoms with van der Waals surface area (Å²) in [6.45, 7) is 2.58. The van der Waals surface area contributed by atoms with Crippen LogP contribution in [-0.4, -0.2) is 9.55 Å². The molecular weight excluding hydrogens is 272 g/mol. The third-order valence-electron chi connectivity index (χ3n) is 3.78. The van der Waals surface area contributed by atoms with Crippen molar-refractivity contribution in [3.8, 4) is 0 Å². The Morgan fingerprint density at radius 2 is 1.68 bits per heavy atom. The van der Waals surface area contributed by atoms with E-state index >= 15 is 0 Å². The van der Waals surface area contributed by atoms with Crippen LogP contribution in [0.2, 0.25) is 0 Å². The molecular formula is C19H20N2O. The van der Waals surface area contributed by atoms with Crippen molar-refractivity contribution >= 4 is 0 Å². The maximum absolute atomic E-state index is 6.20. The van der Waals surface area contributed by atoms with E-state index in [4.69, 9.17) is 4.74 Å². The van der Waals surface area contributed by atoms with E-state index in [2.05, 4.69) is 48.3 Å². The molecule has 3 rings (SSSR count). The lowest BCUT2D eigenvalue weighted by molar-refractivity contribution is 0.0609. The molecule has 0 saturated heterocycles. The first-order valence-corrected chi connectivity index (χ1v) is 7.43. The van der Waals surface area contributed by atoms with Crippen molar-refractivity contribution in [2.45, 2.75) is 19.6 Å². The highest BCUT2D eigenvalue weighted by Gasteiger charge is 2.15. The SMILES string of the molecule is Cc1ccc(C(OCc2nccn2C)c2ccccc2)cc1. The maximum atomic E-state index is 6.20. The van der Waals surface area contributed by atoms with E-state index in [0.717, 1.165) is 17.0 Å². The van der Waals surface area contributed by atoms with E-state index in [1.807, 2.05) is 36.0 Å². The second-order valence-electron chi connectivity index (χ2n) is 5.47. The molecule has 0 aliphatic heterocycles. The van der Waals surface area contributed by atoms with E-state index in [-0.39, 0.29) is 6.10 Å². The van der Waals surface area contributed by atoms with Crippen LogP contribution >= 0.6 is 0 Å². The molecule has 112 valence electrons. The summed E-state index contributed by atoms with van der Waals surface area (Å²) in [7, 11) is 1.98. The van der Waals surface area contributed by atoms with Gasteiger partial charge in [0.15, 0.2) is 0 Å². The van der Waals surface area contributed by atoms with Crippen LogP contribution in [0.1, 0.15) is 28.6 Å². The largest absolute Gasteiger partial charge is 0.361 e. The number of hydrogen-bond donors (Lipinski definition) is 0. The second-order valence-corrected chi connectivity index (χ2v) is 5.47. The standard InChI is InChI=1S/C19H20N2O/c1-15-8-10-17(11-9-15)19(16-6-4-3-5-7-16)22-14-18-20-12-13-21(18)2/h3-13,19H,14H2,1-2H3. The topological polar surface area (TPSA) is 27.1 Å². The highest BCUT2D eigenvalue weighted by atomic mass is 16.5. The molecule has 0 amide bonds. The van der Waals surface area contributed by atoms with Gasteiger partial charge in [0.2, 0.25) is 0 Å². The van der Waals surface area contributed by atoms with E-state index < -0.39 is 0 Å². The van der Waals surface area contributed by atoms with Crippen LogP contribution in [0.25, 0.3) is 0 Å². The van der Waals surface area contributed by atoms with Crippen molar-refractivity contribution in [2.75, 3.05) is 0 Å². The normalized spacial score (nSPS) is 12.3. The average molecular weight is 292 g/mol. The van der Waals surface area contributed by atoms with Crippen LogP contribution in [0.15, 0.2) is 67.0 Å². The zero-order valence-corrected chi connectivity index (χ0v) is 12.9. The molecule has 22 heavy (non-hydrogen) atoms. The first-order chi connectivity index (χ1) is 10.7. The van der Waals surface area contributed by atoms with Crippen molar-refractivity contribution in [3.05, 3.63) is 89.5 Å². The van der Waals surface area contributed by atoms with Gasteiger partial charge in [-0.05, 0) is 18.1 Å². The molecule has 0 saturated carbocycles. The van der Waals surface area contributed by atoms with Gasteiger partial charge in [-0.25, -0.2) is 4.98 Å². The number of imidazole rings is 1. The fourth-order valence-electron chi connectivity index (χ4n) is 2.45. The van der Waals surface area contributed by atoms with Crippen LogP contribution in [-0.2, 0) is 18.4 Å². The van der Waals surface area contributed by atoms with E-state index in [9.17, 15) is 0 Å². The summed E-state index contributed by atoms with van der Waals surface area (Å²) in [5, 5.41) is 0. The average Bonchev–Trinajstić information content (AvgIpc) is 2.96. The Morgan fingerprint density at radius 3 is 2.32 bits per heavy atom. The molecule has 1 unspecified atom stereocenters. The molecule has 3 heteroatoms. The lowest BCUT2D eigenvalue weighted by atomic mass is 10.0. The summed E-state index contributed by atoms with van der Waals surface area (Å²) >= 11 is 0. The number of nitrogens with zero attached hydrogens (tertiary/aromatic N) is 2. The molecule has 0 radical (unpaired) electrons. The highest BCUT2D eigenvalue weighted by Crippen LogP contribution is 2.27. The van der Waals surface area contributed by atoms with Gasteiger partial charge in [0.1, 0.15) is 18.5 Å². The van der Waals surface area contributed by atoms with Crippen molar-refractivity contribution < 1.29 is 4.74 Å². The number of hydrogen-bond acceptors (Lipinski definition) is 2. The number of aromatic nitrogens is 2. The predicted molar refractivity (Wildman–Crippen MR) is 87.5 cm³/mol. The van der Waals surface area contributed by atoms with Crippen molar-refractivity contribution in [1.29, 1.82) is 0 Å². The molecule has 0 spiro atoms. The lowest BCUT2D eigenvalue weighted by Crippen LogP contribution is -2.09. The molecule has 0 aliphatic rings. The number of benzene rings is 2. The molecule has 1 aromatic heterocycles. The fourth-order valence-corrected chi connectivity index (χ4v) is 2.45. The van der Waals surface area contributed by atoms with E-state index in [1.54, 1.807) is 6.20 Å². The summed E-state index contributed by atoms with van der Waals surface area (Å²) in [5.74, 6) is 0.924. The lowest BCUT2D eigenvalue weighted by Gasteiger charge is -2.19. The minimum Gasteiger partial charge on any atom is -0.361 e. The van der Waals surface area contributed by atoms with Gasteiger partial charge < -0.3 is 9.30 Å². The van der Waals surface area contributed by atoms with Gasteiger partial charge in [0.05, 0.1) is 0 Å². The summed E-state index contributed by atoms with van der Waals surface area (Å²) in [6, 6.07) is 18.8. The molecule has 2 aromatic carbocycles. The first-order valence-electron chi connectivity index (χ1n) is 7.43. The monoisotopic (exact) mass is 292 g/mol. The molecule has 3 aromatic rings. The number of ether oxygens (including phenoxy) is 1. The Labute approximate surface area is 131 Å². The third-order valence-corrected chi connectivity index (χ3v) is 3.78. The molecule has 3 nitrogen and oxygen atoms in total. The van der Waals surface area contributed by atoms with Crippen molar-refractivity contribution in [1.82, 2.24) is 9.55 Å². The van der Waals surface area contributed by atoms with Crippen molar-refractivity contribution in [3.63, 3.8) is 0 Å². The number of rotatable bonds is 5. The van der Waals surface area contributed by atoms with E-state index in [1.165, 1.54) is 5.56 Å². The molecule has 0 aliphatic carbocycles. The summed E-state index contributed by atoms with van der Waals surface area (Å²) < 4.78 is 8.18. The Bertz CT molecular complexity index is 717. The molecule has 0 bridgehead atoms. The second kappa shape index (κ2) is 6.58. The minimum atomic E-state index is -0.0847. The Kier molecular flexibility index (Phi) is 4.35. The smallest absolute Gasteiger partial charge is 0.134 e. The molecule has 1 atom stereocenters. The molecule has 0 fully saturated rings. The zero-order valence-electron chi connectivity index (χ0n) is 12.9. The maximum Gasteiger partial charge on any atom is 0.134 e. The Morgan fingerprint density at radius 1 is 1.00 bits per heavy atom. The first kappa shape index (κ1) is 14.5. The van der Waals surface area contributed by atoms with Crippen LogP contribution in [0, 0.1) is 6.92 Å². The van der Waals surface area contributed by atoms with E-state index in [0.29, 0.717) is 6.61 Å². The highest BCUT2D eigenvalue weighted by molar-refractivity contribution is 5.31. The minimum absolute atomic E-state index is 0.0847. The summed E-state index contributed by atoms with van der Waals surface area (Å²) in [5.41, 5.74) is 3.56. The van der Waals surface area contributed by atoms with Gasteiger partial charge >= 0.3 is 0 Å². The Hall–Kier alpha value is -2.39. The van der Waals surface area contributed by atoms with Crippen LogP contribution < -0.4 is 0 Å². The summed E-state index contributed by atoms with van der Waals surface area (Å²) in [6.07, 6.45) is 3.64. The van der Waals surface area contributed by atoms with Gasteiger partial charge in [-0.3, -0.25) is 0 Å². The van der Waals surface area contributed by atoms with Crippen LogP contribution in [0.4, 0.5) is 0 Å². The molecule has 0 N–H and O–H groups in total. The van der Waals surface area contributed by atoms with Crippen LogP contribution in [0.5, 0.6) is 0 Å². The predicted octanol–water partition coefficient (Wildman–Crippen LogP) is 4.03. The van der Waals surface area contributed by atoms with Gasteiger partial charge in [-0.2, -0.15) is 0 Å². The number of aryl methyl sites for hydroxylation is 2. The van der Waals surface area contributed by atoms with Gasteiger partial charge in [-0.1, -0.05) is 60.2 Å².